The van der Waals surface area contributed by atoms with Crippen molar-refractivity contribution >= 4 is 0 Å². The Bertz CT molecular complexity index is 449. The molecule has 1 aliphatic carbocycles. The number of hydrogen-bond acceptors (Lipinski definition) is 1. The van der Waals surface area contributed by atoms with E-state index in [0.29, 0.717) is 0 Å². The van der Waals surface area contributed by atoms with Crippen LogP contribution in [0.15, 0.2) is 42.5 Å². The molecule has 0 spiro atoms. The van der Waals surface area contributed by atoms with Crippen LogP contribution < -0.4 is 4.74 Å². The van der Waals surface area contributed by atoms with Gasteiger partial charge < -0.3 is 4.74 Å². The molecule has 0 amide bonds. The van der Waals surface area contributed by atoms with Crippen LogP contribution in [-0.4, -0.2) is 6.10 Å². The number of allylic oxidation sites excluding steroid dienone is 2. The molecule has 1 aromatic rings. The van der Waals surface area contributed by atoms with E-state index in [2.05, 4.69) is 58.0 Å². The van der Waals surface area contributed by atoms with Crippen molar-refractivity contribution in [2.24, 2.45) is 0 Å². The Kier molecular flexibility index (Phi) is 3.10. The molecule has 0 bridgehead atoms. The number of para-hydroxylation sites is 1. The molecule has 0 saturated carbocycles. The Morgan fingerprint density at radius 3 is 2.29 bits per heavy atom. The highest BCUT2D eigenvalue weighted by molar-refractivity contribution is 5.45. The lowest BCUT2D eigenvalue weighted by Gasteiger charge is -2.25. The normalized spacial score (nSPS) is 15.5. The zero-order chi connectivity index (χ0) is 12.5. The van der Waals surface area contributed by atoms with Crippen molar-refractivity contribution < 1.29 is 4.74 Å². The number of benzene rings is 1. The average Bonchev–Trinajstić information content (AvgIpc) is 2.72. The van der Waals surface area contributed by atoms with Crippen LogP contribution >= 0.6 is 0 Å². The Hall–Kier alpha value is -1.50. The average molecular weight is 228 g/mol. The molecule has 0 saturated heterocycles. The van der Waals surface area contributed by atoms with E-state index in [9.17, 15) is 0 Å². The van der Waals surface area contributed by atoms with Crippen molar-refractivity contribution in [2.45, 2.75) is 39.2 Å². The van der Waals surface area contributed by atoms with E-state index in [1.165, 1.54) is 11.1 Å². The molecular weight excluding hydrogens is 208 g/mol. The SMILES string of the molecule is Cc1cccc(C(C)(C)C)c1OC1C=CC=C1. The van der Waals surface area contributed by atoms with Crippen molar-refractivity contribution in [1.29, 1.82) is 0 Å². The minimum atomic E-state index is 0.0807. The third kappa shape index (κ3) is 2.60. The third-order valence-electron chi connectivity index (χ3n) is 2.99. The zero-order valence-electron chi connectivity index (χ0n) is 11.0. The van der Waals surface area contributed by atoms with E-state index in [4.69, 9.17) is 4.74 Å². The maximum atomic E-state index is 6.09. The standard InChI is InChI=1S/C16H20O/c1-12-8-7-11-14(16(2,3)4)15(12)17-13-9-5-6-10-13/h5-11,13H,1-4H3. The van der Waals surface area contributed by atoms with Gasteiger partial charge in [-0.25, -0.2) is 0 Å². The summed E-state index contributed by atoms with van der Waals surface area (Å²) in [4.78, 5) is 0. The van der Waals surface area contributed by atoms with E-state index >= 15 is 0 Å². The molecule has 2 rings (SSSR count). The van der Waals surface area contributed by atoms with Gasteiger partial charge in [0.15, 0.2) is 0 Å². The van der Waals surface area contributed by atoms with Crippen molar-refractivity contribution in [3.05, 3.63) is 53.6 Å². The summed E-state index contributed by atoms with van der Waals surface area (Å²) in [5.41, 5.74) is 2.57. The summed E-state index contributed by atoms with van der Waals surface area (Å²) in [5, 5.41) is 0. The van der Waals surface area contributed by atoms with Gasteiger partial charge in [0.05, 0.1) is 0 Å². The van der Waals surface area contributed by atoms with E-state index in [-0.39, 0.29) is 11.5 Å². The zero-order valence-corrected chi connectivity index (χ0v) is 11.0. The molecule has 1 aromatic carbocycles. The van der Waals surface area contributed by atoms with Gasteiger partial charge >= 0.3 is 0 Å². The molecule has 90 valence electrons. The van der Waals surface area contributed by atoms with Gasteiger partial charge in [-0.05, 0) is 35.6 Å². The highest BCUT2D eigenvalue weighted by Gasteiger charge is 2.21. The summed E-state index contributed by atoms with van der Waals surface area (Å²) in [7, 11) is 0. The number of rotatable bonds is 2. The Morgan fingerprint density at radius 2 is 1.71 bits per heavy atom. The van der Waals surface area contributed by atoms with Crippen molar-refractivity contribution in [2.75, 3.05) is 0 Å². The second-order valence-corrected chi connectivity index (χ2v) is 5.55. The highest BCUT2D eigenvalue weighted by atomic mass is 16.5. The minimum Gasteiger partial charge on any atom is -0.482 e. The highest BCUT2D eigenvalue weighted by Crippen LogP contribution is 2.34. The number of hydrogen-bond donors (Lipinski definition) is 0. The Labute approximate surface area is 104 Å². The van der Waals surface area contributed by atoms with Crippen LogP contribution in [0.5, 0.6) is 5.75 Å². The lowest BCUT2D eigenvalue weighted by molar-refractivity contribution is 0.288. The topological polar surface area (TPSA) is 9.23 Å². The van der Waals surface area contributed by atoms with Crippen molar-refractivity contribution in [1.82, 2.24) is 0 Å². The fourth-order valence-electron chi connectivity index (χ4n) is 2.03. The molecule has 1 heteroatoms. The lowest BCUT2D eigenvalue weighted by Crippen LogP contribution is -2.17. The van der Waals surface area contributed by atoms with Crippen molar-refractivity contribution in [3.8, 4) is 5.75 Å². The molecular formula is C16H20O. The molecule has 0 atom stereocenters. The predicted octanol–water partition coefficient (Wildman–Crippen LogP) is 4.17. The van der Waals surface area contributed by atoms with Gasteiger partial charge in [-0.3, -0.25) is 0 Å². The summed E-state index contributed by atoms with van der Waals surface area (Å²) >= 11 is 0. The first-order chi connectivity index (χ1) is 7.98. The second-order valence-electron chi connectivity index (χ2n) is 5.55. The molecule has 0 unspecified atom stereocenters. The van der Waals surface area contributed by atoms with E-state index < -0.39 is 0 Å². The quantitative estimate of drug-likeness (QED) is 0.738. The van der Waals surface area contributed by atoms with E-state index in [1.54, 1.807) is 0 Å². The van der Waals surface area contributed by atoms with Gasteiger partial charge in [-0.1, -0.05) is 51.1 Å². The third-order valence-corrected chi connectivity index (χ3v) is 2.99. The monoisotopic (exact) mass is 228 g/mol. The number of ether oxygens (including phenoxy) is 1. The van der Waals surface area contributed by atoms with Crippen LogP contribution in [0, 0.1) is 6.92 Å². The largest absolute Gasteiger partial charge is 0.482 e. The molecule has 1 nitrogen and oxygen atoms in total. The van der Waals surface area contributed by atoms with Crippen LogP contribution in [0.4, 0.5) is 0 Å². The molecule has 0 fully saturated rings. The molecule has 0 radical (unpaired) electrons. The van der Waals surface area contributed by atoms with Crippen LogP contribution in [0.1, 0.15) is 31.9 Å². The van der Waals surface area contributed by atoms with Gasteiger partial charge in [0.1, 0.15) is 11.9 Å². The summed E-state index contributed by atoms with van der Waals surface area (Å²) < 4.78 is 6.09. The molecule has 1 aliphatic rings. The summed E-state index contributed by atoms with van der Waals surface area (Å²) in [6, 6.07) is 6.36. The predicted molar refractivity (Wildman–Crippen MR) is 72.6 cm³/mol. The first-order valence-electron chi connectivity index (χ1n) is 6.10. The fourth-order valence-corrected chi connectivity index (χ4v) is 2.03. The number of aryl methyl sites for hydroxylation is 1. The minimum absolute atomic E-state index is 0.0807. The Balaban J connectivity index is 2.37. The lowest BCUT2D eigenvalue weighted by atomic mass is 9.85. The summed E-state index contributed by atoms with van der Waals surface area (Å²) in [6.45, 7) is 8.76. The first kappa shape index (κ1) is 12.0. The van der Waals surface area contributed by atoms with Crippen LogP contribution in [0.3, 0.4) is 0 Å². The summed E-state index contributed by atoms with van der Waals surface area (Å²) in [6.07, 6.45) is 8.27. The van der Waals surface area contributed by atoms with E-state index in [1.807, 2.05) is 12.2 Å². The van der Waals surface area contributed by atoms with Crippen LogP contribution in [-0.2, 0) is 5.41 Å². The smallest absolute Gasteiger partial charge is 0.136 e. The molecule has 0 aromatic heterocycles. The Morgan fingerprint density at radius 1 is 1.06 bits per heavy atom. The van der Waals surface area contributed by atoms with Gasteiger partial charge in [-0.15, -0.1) is 0 Å². The van der Waals surface area contributed by atoms with Gasteiger partial charge in [0.25, 0.3) is 0 Å². The van der Waals surface area contributed by atoms with Gasteiger partial charge in [0.2, 0.25) is 0 Å². The van der Waals surface area contributed by atoms with Gasteiger partial charge in [0, 0.05) is 0 Å². The second kappa shape index (κ2) is 4.40. The maximum absolute atomic E-state index is 6.09. The van der Waals surface area contributed by atoms with Crippen LogP contribution in [0.25, 0.3) is 0 Å². The summed E-state index contributed by atoms with van der Waals surface area (Å²) in [5.74, 6) is 1.03. The van der Waals surface area contributed by atoms with Crippen molar-refractivity contribution in [3.63, 3.8) is 0 Å². The van der Waals surface area contributed by atoms with Crippen LogP contribution in [0.2, 0.25) is 0 Å². The maximum Gasteiger partial charge on any atom is 0.136 e. The molecule has 0 aliphatic heterocycles. The van der Waals surface area contributed by atoms with Gasteiger partial charge in [-0.2, -0.15) is 0 Å². The molecule has 0 heterocycles. The van der Waals surface area contributed by atoms with E-state index in [0.717, 1.165) is 5.75 Å². The first-order valence-corrected chi connectivity index (χ1v) is 6.10. The molecule has 0 N–H and O–H groups in total. The molecule has 17 heavy (non-hydrogen) atoms. The fraction of sp³-hybridized carbons (Fsp3) is 0.375.